The van der Waals surface area contributed by atoms with Crippen LogP contribution >= 0.6 is 0 Å². The molecule has 0 saturated heterocycles. The van der Waals surface area contributed by atoms with E-state index in [1.54, 1.807) is 19.1 Å². The van der Waals surface area contributed by atoms with Crippen LogP contribution < -0.4 is 5.32 Å². The summed E-state index contributed by atoms with van der Waals surface area (Å²) in [6.45, 7) is 2.80. The minimum Gasteiger partial charge on any atom is -0.466 e. The van der Waals surface area contributed by atoms with E-state index in [0.29, 0.717) is 31.7 Å². The van der Waals surface area contributed by atoms with Crippen LogP contribution in [0.2, 0.25) is 0 Å². The number of Topliss-reactive ketones (excluding diaryl/α,β-unsaturated/α-hetero) is 1. The number of carbonyl (C=O) groups excluding carboxylic acids is 3. The number of hydrogen-bond acceptors (Lipinski definition) is 5. The van der Waals surface area contributed by atoms with Crippen molar-refractivity contribution >= 4 is 23.9 Å². The summed E-state index contributed by atoms with van der Waals surface area (Å²) in [4.78, 5) is 35.9. The molecule has 1 amide bonds. The second-order valence-electron chi connectivity index (χ2n) is 8.79. The molecule has 6 nitrogen and oxygen atoms in total. The molecule has 37 heavy (non-hydrogen) atoms. The number of benzene rings is 3. The molecule has 3 aromatic carbocycles. The second-order valence-corrected chi connectivity index (χ2v) is 8.79. The zero-order valence-electron chi connectivity index (χ0n) is 20.9. The van der Waals surface area contributed by atoms with E-state index in [2.05, 4.69) is 29.6 Å². The number of carbonyl (C=O) groups is 3. The molecule has 0 radical (unpaired) electrons. The Morgan fingerprint density at radius 2 is 1.49 bits per heavy atom. The number of alkyl carbamates (subject to hydrolysis) is 1. The van der Waals surface area contributed by atoms with Crippen LogP contribution in [0, 0.1) is 0 Å². The van der Waals surface area contributed by atoms with E-state index in [9.17, 15) is 14.4 Å². The van der Waals surface area contributed by atoms with Crippen molar-refractivity contribution < 1.29 is 23.9 Å². The van der Waals surface area contributed by atoms with Gasteiger partial charge in [0.1, 0.15) is 6.61 Å². The van der Waals surface area contributed by atoms with Crippen molar-refractivity contribution in [1.82, 2.24) is 5.32 Å². The van der Waals surface area contributed by atoms with Gasteiger partial charge >= 0.3 is 12.1 Å². The normalized spacial score (nSPS) is 12.1. The van der Waals surface area contributed by atoms with Crippen molar-refractivity contribution in [3.8, 4) is 11.1 Å². The van der Waals surface area contributed by atoms with E-state index < -0.39 is 6.09 Å². The van der Waals surface area contributed by atoms with Gasteiger partial charge in [0, 0.05) is 24.4 Å². The molecule has 4 rings (SSSR count). The minimum atomic E-state index is -0.430. The molecule has 0 aromatic heterocycles. The fraction of sp³-hybridized carbons (Fsp3) is 0.258. The Labute approximate surface area is 217 Å². The molecular weight excluding hydrogens is 466 g/mol. The highest BCUT2D eigenvalue weighted by Gasteiger charge is 2.28. The molecule has 0 bridgehead atoms. The second kappa shape index (κ2) is 12.7. The predicted molar refractivity (Wildman–Crippen MR) is 143 cm³/mol. The van der Waals surface area contributed by atoms with Gasteiger partial charge in [-0.1, -0.05) is 84.9 Å². The van der Waals surface area contributed by atoms with Crippen LogP contribution in [0.1, 0.15) is 59.2 Å². The van der Waals surface area contributed by atoms with Crippen LogP contribution in [0.4, 0.5) is 4.79 Å². The van der Waals surface area contributed by atoms with Crippen molar-refractivity contribution in [1.29, 1.82) is 0 Å². The summed E-state index contributed by atoms with van der Waals surface area (Å²) in [5.41, 5.74) is 6.29. The number of nitrogens with one attached hydrogen (secondary N) is 1. The summed E-state index contributed by atoms with van der Waals surface area (Å²) >= 11 is 0. The first-order valence-corrected chi connectivity index (χ1v) is 12.6. The SMILES string of the molecule is CCOC(=O)CCC(=O)c1ccc(C=CCCNC(=O)OCC2c3ccccc3-c3ccccc32)cc1. The summed E-state index contributed by atoms with van der Waals surface area (Å²) in [7, 11) is 0. The maximum Gasteiger partial charge on any atom is 0.407 e. The van der Waals surface area contributed by atoms with Gasteiger partial charge in [-0.15, -0.1) is 0 Å². The highest BCUT2D eigenvalue weighted by Crippen LogP contribution is 2.44. The van der Waals surface area contributed by atoms with Crippen molar-refractivity contribution in [2.45, 2.75) is 32.1 Å². The van der Waals surface area contributed by atoms with Crippen LogP contribution in [-0.4, -0.2) is 37.6 Å². The Hall–Kier alpha value is -4.19. The number of rotatable bonds is 11. The van der Waals surface area contributed by atoms with E-state index in [1.165, 1.54) is 22.3 Å². The third-order valence-electron chi connectivity index (χ3n) is 6.33. The molecule has 0 aliphatic heterocycles. The zero-order chi connectivity index (χ0) is 26.0. The molecule has 0 saturated carbocycles. The monoisotopic (exact) mass is 497 g/mol. The Kier molecular flexibility index (Phi) is 8.87. The number of ketones is 1. The number of esters is 1. The molecular formula is C31H31NO5. The van der Waals surface area contributed by atoms with E-state index in [0.717, 1.165) is 5.56 Å². The third kappa shape index (κ3) is 6.73. The first kappa shape index (κ1) is 25.9. The molecule has 1 aliphatic carbocycles. The first-order valence-electron chi connectivity index (χ1n) is 12.6. The van der Waals surface area contributed by atoms with Gasteiger partial charge in [0.05, 0.1) is 13.0 Å². The Bertz CT molecular complexity index is 1230. The lowest BCUT2D eigenvalue weighted by Crippen LogP contribution is -2.26. The number of hydrogen-bond donors (Lipinski definition) is 1. The maximum atomic E-state index is 12.3. The highest BCUT2D eigenvalue weighted by molar-refractivity contribution is 5.97. The zero-order valence-corrected chi connectivity index (χ0v) is 20.9. The molecule has 190 valence electrons. The summed E-state index contributed by atoms with van der Waals surface area (Å²) < 4.78 is 10.4. The summed E-state index contributed by atoms with van der Waals surface area (Å²) in [6, 6.07) is 23.7. The Morgan fingerprint density at radius 3 is 2.14 bits per heavy atom. The average molecular weight is 498 g/mol. The predicted octanol–water partition coefficient (Wildman–Crippen LogP) is 6.15. The van der Waals surface area contributed by atoms with Gasteiger partial charge in [-0.25, -0.2) is 4.79 Å². The molecule has 3 aromatic rings. The van der Waals surface area contributed by atoms with Crippen LogP contribution in [0.5, 0.6) is 0 Å². The van der Waals surface area contributed by atoms with Gasteiger partial charge < -0.3 is 14.8 Å². The largest absolute Gasteiger partial charge is 0.466 e. The van der Waals surface area contributed by atoms with Gasteiger partial charge in [-0.3, -0.25) is 9.59 Å². The van der Waals surface area contributed by atoms with E-state index in [1.807, 2.05) is 48.6 Å². The molecule has 0 atom stereocenters. The number of fused-ring (bicyclic) bond motifs is 3. The number of ether oxygens (including phenoxy) is 2. The standard InChI is InChI=1S/C31H31NO5/c1-2-36-30(34)19-18-29(33)23-16-14-22(15-17-23)9-7-8-20-32-31(35)37-21-28-26-12-5-3-10-24(26)25-11-4-6-13-27(25)28/h3-7,9-17,28H,2,8,18-21H2,1H3,(H,32,35). The van der Waals surface area contributed by atoms with Crippen molar-refractivity contribution in [2.24, 2.45) is 0 Å². The maximum absolute atomic E-state index is 12.3. The first-order chi connectivity index (χ1) is 18.1. The molecule has 1 aliphatic rings. The van der Waals surface area contributed by atoms with Gasteiger partial charge in [0.25, 0.3) is 0 Å². The Balaban J connectivity index is 1.18. The molecule has 0 heterocycles. The topological polar surface area (TPSA) is 81.7 Å². The van der Waals surface area contributed by atoms with Crippen LogP contribution in [0.3, 0.4) is 0 Å². The number of amides is 1. The van der Waals surface area contributed by atoms with Gasteiger partial charge in [0.2, 0.25) is 0 Å². The third-order valence-corrected chi connectivity index (χ3v) is 6.33. The molecule has 6 heteroatoms. The molecule has 0 fully saturated rings. The lowest BCUT2D eigenvalue weighted by molar-refractivity contribution is -0.143. The lowest BCUT2D eigenvalue weighted by Gasteiger charge is -2.14. The van der Waals surface area contributed by atoms with Gasteiger partial charge in [-0.2, -0.15) is 0 Å². The summed E-state index contributed by atoms with van der Waals surface area (Å²) in [5, 5.41) is 2.80. The van der Waals surface area contributed by atoms with Crippen LogP contribution in [-0.2, 0) is 14.3 Å². The Morgan fingerprint density at radius 1 is 0.838 bits per heavy atom. The average Bonchev–Trinajstić information content (AvgIpc) is 3.24. The molecule has 0 spiro atoms. The highest BCUT2D eigenvalue weighted by atomic mass is 16.5. The van der Waals surface area contributed by atoms with E-state index >= 15 is 0 Å². The lowest BCUT2D eigenvalue weighted by atomic mass is 9.98. The van der Waals surface area contributed by atoms with Crippen LogP contribution in [0.15, 0.2) is 78.9 Å². The van der Waals surface area contributed by atoms with Crippen LogP contribution in [0.25, 0.3) is 17.2 Å². The summed E-state index contributed by atoms with van der Waals surface area (Å²) in [5.74, 6) is -0.406. The van der Waals surface area contributed by atoms with E-state index in [4.69, 9.17) is 9.47 Å². The fourth-order valence-corrected chi connectivity index (χ4v) is 4.50. The van der Waals surface area contributed by atoms with Crippen molar-refractivity contribution in [3.63, 3.8) is 0 Å². The molecule has 1 N–H and O–H groups in total. The fourth-order valence-electron chi connectivity index (χ4n) is 4.50. The van der Waals surface area contributed by atoms with Gasteiger partial charge in [-0.05, 0) is 41.2 Å². The minimum absolute atomic E-state index is 0.0399. The van der Waals surface area contributed by atoms with E-state index in [-0.39, 0.29) is 30.5 Å². The van der Waals surface area contributed by atoms with Crippen molar-refractivity contribution in [3.05, 3.63) is 101 Å². The molecule has 0 unspecified atom stereocenters. The summed E-state index contributed by atoms with van der Waals surface area (Å²) in [6.07, 6.45) is 4.33. The smallest absolute Gasteiger partial charge is 0.407 e. The van der Waals surface area contributed by atoms with Gasteiger partial charge in [0.15, 0.2) is 5.78 Å². The van der Waals surface area contributed by atoms with Crippen molar-refractivity contribution in [2.75, 3.05) is 19.8 Å². The quantitative estimate of drug-likeness (QED) is 0.195.